The van der Waals surface area contributed by atoms with Crippen molar-refractivity contribution in [3.8, 4) is 0 Å². The number of ketones is 1. The van der Waals surface area contributed by atoms with Crippen LogP contribution in [-0.2, 0) is 4.74 Å². The Hall–Kier alpha value is -0.970. The highest BCUT2D eigenvalue weighted by Crippen LogP contribution is 2.27. The van der Waals surface area contributed by atoms with Gasteiger partial charge in [-0.2, -0.15) is 0 Å². The lowest BCUT2D eigenvalue weighted by atomic mass is 9.88. The number of ether oxygens (including phenoxy) is 1. The molecular formula is C18H22BrNO2. The van der Waals surface area contributed by atoms with Crippen LogP contribution in [-0.4, -0.2) is 43.0 Å². The van der Waals surface area contributed by atoms with E-state index in [0.717, 1.165) is 49.2 Å². The Kier molecular flexibility index (Phi) is 5.45. The summed E-state index contributed by atoms with van der Waals surface area (Å²) in [7, 11) is 0. The molecule has 0 saturated carbocycles. The number of hydrogen-bond acceptors (Lipinski definition) is 3. The third-order valence-electron chi connectivity index (χ3n) is 4.47. The van der Waals surface area contributed by atoms with Gasteiger partial charge < -0.3 is 4.74 Å². The average Bonchev–Trinajstić information content (AvgIpc) is 2.57. The minimum absolute atomic E-state index is 0.106. The lowest BCUT2D eigenvalue weighted by Crippen LogP contribution is -2.48. The Morgan fingerprint density at radius 3 is 2.50 bits per heavy atom. The molecule has 0 N–H and O–H groups in total. The van der Waals surface area contributed by atoms with E-state index in [0.29, 0.717) is 0 Å². The molecule has 1 heterocycles. The number of benzene rings is 1. The summed E-state index contributed by atoms with van der Waals surface area (Å²) >= 11 is 3.44. The summed E-state index contributed by atoms with van der Waals surface area (Å²) in [5.41, 5.74) is 2.10. The second-order valence-electron chi connectivity index (χ2n) is 5.95. The van der Waals surface area contributed by atoms with Gasteiger partial charge in [0.2, 0.25) is 0 Å². The highest BCUT2D eigenvalue weighted by atomic mass is 79.9. The Morgan fingerprint density at radius 2 is 1.86 bits per heavy atom. The van der Waals surface area contributed by atoms with Crippen molar-refractivity contribution < 1.29 is 9.53 Å². The van der Waals surface area contributed by atoms with Crippen LogP contribution in [0, 0.1) is 0 Å². The molecule has 2 aliphatic rings. The molecule has 3 rings (SSSR count). The van der Waals surface area contributed by atoms with Gasteiger partial charge in [-0.3, -0.25) is 9.69 Å². The van der Waals surface area contributed by atoms with E-state index in [2.05, 4.69) is 26.9 Å². The van der Waals surface area contributed by atoms with Crippen LogP contribution in [0.25, 0.3) is 0 Å². The first-order valence-corrected chi connectivity index (χ1v) is 8.85. The topological polar surface area (TPSA) is 29.5 Å². The molecule has 0 amide bonds. The van der Waals surface area contributed by atoms with E-state index >= 15 is 0 Å². The maximum atomic E-state index is 13.1. The van der Waals surface area contributed by atoms with Crippen molar-refractivity contribution in [2.24, 2.45) is 0 Å². The second-order valence-corrected chi connectivity index (χ2v) is 6.86. The number of rotatable bonds is 4. The molecule has 1 aromatic carbocycles. The van der Waals surface area contributed by atoms with E-state index in [1.54, 1.807) is 0 Å². The van der Waals surface area contributed by atoms with E-state index in [4.69, 9.17) is 4.74 Å². The highest BCUT2D eigenvalue weighted by Gasteiger charge is 2.31. The third kappa shape index (κ3) is 3.67. The smallest absolute Gasteiger partial charge is 0.184 e. The lowest BCUT2D eigenvalue weighted by molar-refractivity contribution is 0.0230. The fourth-order valence-corrected chi connectivity index (χ4v) is 3.55. The summed E-state index contributed by atoms with van der Waals surface area (Å²) in [5, 5.41) is 0. The van der Waals surface area contributed by atoms with E-state index < -0.39 is 0 Å². The van der Waals surface area contributed by atoms with Crippen LogP contribution in [0.15, 0.2) is 40.4 Å². The van der Waals surface area contributed by atoms with Crippen molar-refractivity contribution in [2.75, 3.05) is 26.3 Å². The van der Waals surface area contributed by atoms with Gasteiger partial charge in [-0.15, -0.1) is 0 Å². The van der Waals surface area contributed by atoms with Crippen molar-refractivity contribution in [3.05, 3.63) is 46.0 Å². The molecule has 0 spiro atoms. The van der Waals surface area contributed by atoms with Gasteiger partial charge in [-0.1, -0.05) is 34.1 Å². The standard InChI is InChI=1S/C18H22BrNO2/c19-16-8-6-15(7-9-16)18(21)17(14-4-2-1-3-5-14)20-10-12-22-13-11-20/h4,6-9,17H,1-3,5,10-13H2. The molecule has 0 aromatic heterocycles. The van der Waals surface area contributed by atoms with E-state index in [9.17, 15) is 4.79 Å². The molecule has 0 radical (unpaired) electrons. The molecule has 3 nitrogen and oxygen atoms in total. The number of Topliss-reactive ketones (excluding diaryl/α,β-unsaturated/α-hetero) is 1. The quantitative estimate of drug-likeness (QED) is 0.601. The molecule has 1 fully saturated rings. The number of halogens is 1. The highest BCUT2D eigenvalue weighted by molar-refractivity contribution is 9.10. The molecular weight excluding hydrogens is 342 g/mol. The summed E-state index contributed by atoms with van der Waals surface area (Å²) in [5.74, 6) is 0.225. The Labute approximate surface area is 140 Å². The Balaban J connectivity index is 1.87. The SMILES string of the molecule is O=C(c1ccc(Br)cc1)C(C1=CCCCC1)N1CCOCC1. The average molecular weight is 364 g/mol. The first-order valence-electron chi connectivity index (χ1n) is 8.06. The van der Waals surface area contributed by atoms with Crippen molar-refractivity contribution >= 4 is 21.7 Å². The van der Waals surface area contributed by atoms with Crippen molar-refractivity contribution in [1.29, 1.82) is 0 Å². The molecule has 118 valence electrons. The predicted molar refractivity (Wildman–Crippen MR) is 91.2 cm³/mol. The summed E-state index contributed by atoms with van der Waals surface area (Å²) in [4.78, 5) is 15.4. The van der Waals surface area contributed by atoms with Crippen LogP contribution < -0.4 is 0 Å². The van der Waals surface area contributed by atoms with Crippen LogP contribution in [0.2, 0.25) is 0 Å². The van der Waals surface area contributed by atoms with Crippen LogP contribution in [0.1, 0.15) is 36.0 Å². The van der Waals surface area contributed by atoms with Crippen molar-refractivity contribution in [1.82, 2.24) is 4.90 Å². The second kappa shape index (κ2) is 7.53. The fourth-order valence-electron chi connectivity index (χ4n) is 3.29. The van der Waals surface area contributed by atoms with Crippen molar-refractivity contribution in [3.63, 3.8) is 0 Å². The summed E-state index contributed by atoms with van der Waals surface area (Å²) < 4.78 is 6.46. The van der Waals surface area contributed by atoms with Crippen molar-refractivity contribution in [2.45, 2.75) is 31.7 Å². The maximum Gasteiger partial charge on any atom is 0.184 e. The van der Waals surface area contributed by atoms with Gasteiger partial charge >= 0.3 is 0 Å². The number of morpholine rings is 1. The van der Waals surface area contributed by atoms with Gasteiger partial charge in [0.1, 0.15) is 0 Å². The summed E-state index contributed by atoms with van der Waals surface area (Å²) in [6, 6.07) is 7.62. The molecule has 0 bridgehead atoms. The minimum Gasteiger partial charge on any atom is -0.379 e. The van der Waals surface area contributed by atoms with Gasteiger partial charge in [0, 0.05) is 23.1 Å². The molecule has 1 atom stereocenters. The van der Waals surface area contributed by atoms with Gasteiger partial charge in [0.15, 0.2) is 5.78 Å². The number of allylic oxidation sites excluding steroid dienone is 1. The maximum absolute atomic E-state index is 13.1. The minimum atomic E-state index is -0.106. The summed E-state index contributed by atoms with van der Waals surface area (Å²) in [6.07, 6.45) is 6.88. The van der Waals surface area contributed by atoms with Gasteiger partial charge in [0.25, 0.3) is 0 Å². The third-order valence-corrected chi connectivity index (χ3v) is 4.99. The lowest BCUT2D eigenvalue weighted by Gasteiger charge is -2.36. The molecule has 1 aliphatic heterocycles. The fraction of sp³-hybridized carbons (Fsp3) is 0.500. The van der Waals surface area contributed by atoms with Gasteiger partial charge in [0.05, 0.1) is 19.3 Å². The summed E-state index contributed by atoms with van der Waals surface area (Å²) in [6.45, 7) is 3.11. The Morgan fingerprint density at radius 1 is 1.14 bits per heavy atom. The monoisotopic (exact) mass is 363 g/mol. The zero-order chi connectivity index (χ0) is 15.4. The van der Waals surface area contributed by atoms with Crippen LogP contribution in [0.5, 0.6) is 0 Å². The zero-order valence-corrected chi connectivity index (χ0v) is 14.3. The van der Waals surface area contributed by atoms with Gasteiger partial charge in [-0.05, 0) is 43.4 Å². The number of carbonyl (C=O) groups excluding carboxylic acids is 1. The number of hydrogen-bond donors (Lipinski definition) is 0. The van der Waals surface area contributed by atoms with Crippen LogP contribution in [0.3, 0.4) is 0 Å². The predicted octanol–water partition coefficient (Wildman–Crippen LogP) is 3.83. The van der Waals surface area contributed by atoms with Gasteiger partial charge in [-0.25, -0.2) is 0 Å². The van der Waals surface area contributed by atoms with E-state index in [-0.39, 0.29) is 11.8 Å². The molecule has 1 unspecified atom stereocenters. The van der Waals surface area contributed by atoms with E-state index in [1.807, 2.05) is 24.3 Å². The first kappa shape index (κ1) is 15.9. The number of carbonyl (C=O) groups is 1. The number of nitrogens with zero attached hydrogens (tertiary/aromatic N) is 1. The van der Waals surface area contributed by atoms with Crippen LogP contribution in [0.4, 0.5) is 0 Å². The first-order chi connectivity index (χ1) is 10.8. The largest absolute Gasteiger partial charge is 0.379 e. The molecule has 1 aromatic rings. The molecule has 22 heavy (non-hydrogen) atoms. The van der Waals surface area contributed by atoms with Crippen LogP contribution >= 0.6 is 15.9 Å². The molecule has 1 saturated heterocycles. The molecule has 4 heteroatoms. The Bertz CT molecular complexity index is 547. The molecule has 1 aliphatic carbocycles. The normalized spacial score (nSPS) is 21.2. The van der Waals surface area contributed by atoms with E-state index in [1.165, 1.54) is 18.4 Å². The zero-order valence-electron chi connectivity index (χ0n) is 12.8.